The second-order valence-electron chi connectivity index (χ2n) is 4.13. The number of ketones is 1. The average molecular weight is 254 g/mol. The van der Waals surface area contributed by atoms with Crippen molar-refractivity contribution in [2.75, 3.05) is 0 Å². The highest BCUT2D eigenvalue weighted by atomic mass is 16.1. The van der Waals surface area contributed by atoms with Crippen LogP contribution in [0.3, 0.4) is 0 Å². The van der Waals surface area contributed by atoms with Crippen LogP contribution in [-0.4, -0.2) is 25.4 Å². The SMILES string of the molecule is CC(=O)c1ccc(-c2cnn3c(=O)[nH]cnc23)cc1. The molecule has 0 saturated carbocycles. The number of carbonyl (C=O) groups excluding carboxylic acids is 1. The molecule has 0 saturated heterocycles. The van der Waals surface area contributed by atoms with Gasteiger partial charge in [-0.1, -0.05) is 24.3 Å². The monoisotopic (exact) mass is 254 g/mol. The van der Waals surface area contributed by atoms with E-state index < -0.39 is 0 Å². The van der Waals surface area contributed by atoms with Gasteiger partial charge in [-0.15, -0.1) is 0 Å². The third-order valence-electron chi connectivity index (χ3n) is 2.91. The van der Waals surface area contributed by atoms with Crippen LogP contribution in [0.4, 0.5) is 0 Å². The Hall–Kier alpha value is -2.76. The lowest BCUT2D eigenvalue weighted by Crippen LogP contribution is -2.17. The maximum atomic E-state index is 11.5. The van der Waals surface area contributed by atoms with Crippen LogP contribution in [0.1, 0.15) is 17.3 Å². The number of carbonyl (C=O) groups is 1. The van der Waals surface area contributed by atoms with E-state index in [1.807, 2.05) is 12.1 Å². The van der Waals surface area contributed by atoms with E-state index in [4.69, 9.17) is 0 Å². The maximum absolute atomic E-state index is 11.5. The lowest BCUT2D eigenvalue weighted by molar-refractivity contribution is 0.101. The number of rotatable bonds is 2. The summed E-state index contributed by atoms with van der Waals surface area (Å²) in [5, 5.41) is 4.00. The van der Waals surface area contributed by atoms with E-state index in [9.17, 15) is 9.59 Å². The Labute approximate surface area is 107 Å². The summed E-state index contributed by atoms with van der Waals surface area (Å²) in [5.41, 5.74) is 2.40. The van der Waals surface area contributed by atoms with E-state index in [1.54, 1.807) is 18.3 Å². The van der Waals surface area contributed by atoms with E-state index in [-0.39, 0.29) is 11.5 Å². The lowest BCUT2D eigenvalue weighted by atomic mass is 10.1. The van der Waals surface area contributed by atoms with Crippen molar-refractivity contribution < 1.29 is 4.79 Å². The molecule has 0 amide bonds. The summed E-state index contributed by atoms with van der Waals surface area (Å²) in [6.07, 6.45) is 2.92. The molecule has 3 aromatic rings. The van der Waals surface area contributed by atoms with Gasteiger partial charge >= 0.3 is 5.69 Å². The van der Waals surface area contributed by atoms with Crippen LogP contribution in [0.25, 0.3) is 16.8 Å². The Morgan fingerprint density at radius 3 is 2.68 bits per heavy atom. The minimum absolute atomic E-state index is 0.0148. The van der Waals surface area contributed by atoms with Crippen LogP contribution in [0.2, 0.25) is 0 Å². The molecule has 0 bridgehead atoms. The number of benzene rings is 1. The zero-order valence-electron chi connectivity index (χ0n) is 10.1. The summed E-state index contributed by atoms with van der Waals surface area (Å²) in [7, 11) is 0. The predicted octanol–water partition coefficient (Wildman–Crippen LogP) is 1.29. The molecule has 2 heterocycles. The molecule has 1 aromatic carbocycles. The van der Waals surface area contributed by atoms with Gasteiger partial charge in [-0.3, -0.25) is 9.78 Å². The molecule has 0 unspecified atom stereocenters. The third kappa shape index (κ3) is 1.83. The molecule has 0 aliphatic rings. The minimum atomic E-state index is -0.336. The zero-order chi connectivity index (χ0) is 13.4. The quantitative estimate of drug-likeness (QED) is 0.699. The van der Waals surface area contributed by atoms with Crippen molar-refractivity contribution in [2.24, 2.45) is 0 Å². The number of hydrogen-bond donors (Lipinski definition) is 1. The normalized spacial score (nSPS) is 10.8. The van der Waals surface area contributed by atoms with E-state index >= 15 is 0 Å². The van der Waals surface area contributed by atoms with Crippen LogP contribution in [0, 0.1) is 0 Å². The molecule has 94 valence electrons. The highest BCUT2D eigenvalue weighted by Gasteiger charge is 2.09. The molecule has 0 aliphatic carbocycles. The Morgan fingerprint density at radius 2 is 2.00 bits per heavy atom. The Bertz CT molecular complexity index is 815. The molecular formula is C13H10N4O2. The fourth-order valence-electron chi connectivity index (χ4n) is 1.91. The second kappa shape index (κ2) is 4.16. The van der Waals surface area contributed by atoms with Crippen molar-refractivity contribution in [2.45, 2.75) is 6.92 Å². The van der Waals surface area contributed by atoms with E-state index in [0.717, 1.165) is 11.1 Å². The van der Waals surface area contributed by atoms with Gasteiger partial charge in [0.1, 0.15) is 0 Å². The molecule has 0 atom stereocenters. The van der Waals surface area contributed by atoms with Gasteiger partial charge in [-0.2, -0.15) is 9.61 Å². The van der Waals surface area contributed by atoms with Crippen molar-refractivity contribution in [3.63, 3.8) is 0 Å². The number of aromatic amines is 1. The minimum Gasteiger partial charge on any atom is -0.296 e. The average Bonchev–Trinajstić information content (AvgIpc) is 2.84. The molecule has 6 heteroatoms. The molecule has 0 fully saturated rings. The number of hydrogen-bond acceptors (Lipinski definition) is 4. The molecule has 0 radical (unpaired) electrons. The second-order valence-corrected chi connectivity index (χ2v) is 4.13. The van der Waals surface area contributed by atoms with Gasteiger partial charge < -0.3 is 0 Å². The van der Waals surface area contributed by atoms with Gasteiger partial charge in [-0.25, -0.2) is 9.78 Å². The van der Waals surface area contributed by atoms with Crippen molar-refractivity contribution in [1.82, 2.24) is 19.6 Å². The van der Waals surface area contributed by atoms with Gasteiger partial charge in [-0.05, 0) is 12.5 Å². The molecule has 19 heavy (non-hydrogen) atoms. The first-order valence-electron chi connectivity index (χ1n) is 5.69. The third-order valence-corrected chi connectivity index (χ3v) is 2.91. The van der Waals surface area contributed by atoms with Gasteiger partial charge in [0, 0.05) is 11.1 Å². The number of nitrogens with one attached hydrogen (secondary N) is 1. The molecule has 0 spiro atoms. The highest BCUT2D eigenvalue weighted by Crippen LogP contribution is 2.22. The smallest absolute Gasteiger partial charge is 0.296 e. The van der Waals surface area contributed by atoms with Crippen LogP contribution in [0.5, 0.6) is 0 Å². The maximum Gasteiger partial charge on any atom is 0.349 e. The van der Waals surface area contributed by atoms with E-state index in [0.29, 0.717) is 11.2 Å². The fourth-order valence-corrected chi connectivity index (χ4v) is 1.91. The Balaban J connectivity index is 2.17. The molecule has 6 nitrogen and oxygen atoms in total. The molecule has 0 aliphatic heterocycles. The lowest BCUT2D eigenvalue weighted by Gasteiger charge is -2.00. The van der Waals surface area contributed by atoms with Gasteiger partial charge in [0.2, 0.25) is 0 Å². The summed E-state index contributed by atoms with van der Waals surface area (Å²) in [5.74, 6) is 0.0148. The topological polar surface area (TPSA) is 80.1 Å². The van der Waals surface area contributed by atoms with Crippen molar-refractivity contribution in [1.29, 1.82) is 0 Å². The van der Waals surface area contributed by atoms with E-state index in [1.165, 1.54) is 17.8 Å². The van der Waals surface area contributed by atoms with Crippen LogP contribution < -0.4 is 5.69 Å². The highest BCUT2D eigenvalue weighted by molar-refractivity contribution is 5.94. The molecular weight excluding hydrogens is 244 g/mol. The van der Waals surface area contributed by atoms with Gasteiger partial charge in [0.15, 0.2) is 11.4 Å². The summed E-state index contributed by atoms with van der Waals surface area (Å²) < 4.78 is 1.20. The van der Waals surface area contributed by atoms with Crippen molar-refractivity contribution >= 4 is 11.4 Å². The zero-order valence-corrected chi connectivity index (χ0v) is 10.1. The first-order valence-corrected chi connectivity index (χ1v) is 5.69. The van der Waals surface area contributed by atoms with Crippen LogP contribution in [-0.2, 0) is 0 Å². The number of H-pyrrole nitrogens is 1. The number of aromatic nitrogens is 4. The summed E-state index contributed by atoms with van der Waals surface area (Å²) in [4.78, 5) is 29.3. The summed E-state index contributed by atoms with van der Waals surface area (Å²) in [6.45, 7) is 1.52. The molecule has 2 aromatic heterocycles. The van der Waals surface area contributed by atoms with E-state index in [2.05, 4.69) is 15.1 Å². The number of Topliss-reactive ketones (excluding diaryl/α,β-unsaturated/α-hetero) is 1. The van der Waals surface area contributed by atoms with Crippen LogP contribution >= 0.6 is 0 Å². The molecule has 1 N–H and O–H groups in total. The number of nitrogens with zero attached hydrogens (tertiary/aromatic N) is 3. The standard InChI is InChI=1S/C13H10N4O2/c1-8(18)9-2-4-10(5-3-9)11-6-16-17-12(11)14-7-15-13(17)19/h2-7H,1H3,(H,14,15,19). The molecule has 3 rings (SSSR count). The largest absolute Gasteiger partial charge is 0.349 e. The van der Waals surface area contributed by atoms with Gasteiger partial charge in [0.25, 0.3) is 0 Å². The Kier molecular flexibility index (Phi) is 2.49. The predicted molar refractivity (Wildman–Crippen MR) is 69.0 cm³/mol. The van der Waals surface area contributed by atoms with Gasteiger partial charge in [0.05, 0.1) is 12.5 Å². The summed E-state index contributed by atoms with van der Waals surface area (Å²) >= 11 is 0. The first-order chi connectivity index (χ1) is 9.16. The summed E-state index contributed by atoms with van der Waals surface area (Å²) in [6, 6.07) is 7.12. The Morgan fingerprint density at radius 1 is 1.26 bits per heavy atom. The van der Waals surface area contributed by atoms with Crippen LogP contribution in [0.15, 0.2) is 41.6 Å². The van der Waals surface area contributed by atoms with Crippen molar-refractivity contribution in [3.8, 4) is 11.1 Å². The fraction of sp³-hybridized carbons (Fsp3) is 0.0769. The van der Waals surface area contributed by atoms with Crippen molar-refractivity contribution in [3.05, 3.63) is 52.8 Å². The number of fused-ring (bicyclic) bond motifs is 1. The first kappa shape index (κ1) is 11.3.